The molecule has 0 aliphatic carbocycles. The second-order valence-corrected chi connectivity index (χ2v) is 5.50. The first-order chi connectivity index (χ1) is 11.7. The first kappa shape index (κ1) is 15.8. The van der Waals surface area contributed by atoms with E-state index in [-0.39, 0.29) is 12.5 Å². The molecular formula is C17H18N6O. The van der Waals surface area contributed by atoms with Crippen molar-refractivity contribution in [1.29, 1.82) is 0 Å². The van der Waals surface area contributed by atoms with Crippen molar-refractivity contribution in [3.63, 3.8) is 0 Å². The molecule has 0 saturated heterocycles. The average molecular weight is 322 g/mol. The molecule has 7 nitrogen and oxygen atoms in total. The third-order valence-corrected chi connectivity index (χ3v) is 3.74. The number of pyridine rings is 1. The van der Waals surface area contributed by atoms with Crippen LogP contribution in [-0.2, 0) is 24.4 Å². The maximum Gasteiger partial charge on any atom is 0.245 e. The minimum Gasteiger partial charge on any atom is -0.331 e. The smallest absolute Gasteiger partial charge is 0.245 e. The lowest BCUT2D eigenvalue weighted by Crippen LogP contribution is -2.33. The lowest BCUT2D eigenvalue weighted by Gasteiger charge is -2.23. The maximum atomic E-state index is 12.7. The summed E-state index contributed by atoms with van der Waals surface area (Å²) in [5.41, 5.74) is 3.10. The van der Waals surface area contributed by atoms with Crippen molar-refractivity contribution >= 4 is 5.91 Å². The van der Waals surface area contributed by atoms with Crippen LogP contribution in [0.15, 0.2) is 55.0 Å². The number of aromatic nitrogens is 5. The molecule has 0 N–H and O–H groups in total. The molecule has 0 fully saturated rings. The van der Waals surface area contributed by atoms with Crippen molar-refractivity contribution in [3.05, 3.63) is 71.8 Å². The number of amides is 1. The second kappa shape index (κ2) is 7.45. The van der Waals surface area contributed by atoms with Crippen molar-refractivity contribution in [2.75, 3.05) is 0 Å². The molecule has 1 aromatic carbocycles. The van der Waals surface area contributed by atoms with E-state index in [4.69, 9.17) is 0 Å². The van der Waals surface area contributed by atoms with Gasteiger partial charge in [0.2, 0.25) is 5.91 Å². The molecule has 2 heterocycles. The maximum absolute atomic E-state index is 12.7. The Labute approximate surface area is 139 Å². The molecule has 3 rings (SSSR count). The van der Waals surface area contributed by atoms with E-state index in [1.165, 1.54) is 11.0 Å². The van der Waals surface area contributed by atoms with Crippen LogP contribution in [0.1, 0.15) is 16.8 Å². The number of carbonyl (C=O) groups is 1. The van der Waals surface area contributed by atoms with Gasteiger partial charge in [0.25, 0.3) is 0 Å². The van der Waals surface area contributed by atoms with Crippen molar-refractivity contribution in [1.82, 2.24) is 30.1 Å². The number of benzene rings is 1. The number of carbonyl (C=O) groups excluding carboxylic acids is 1. The standard InChI is InChI=1S/C17H18N6O/c1-14-6-2-3-7-15(14)10-22(11-16-8-4-5-9-18-16)17(24)12-23-13-19-20-21-23/h2-9,13H,10-12H2,1H3. The zero-order valence-electron chi connectivity index (χ0n) is 13.4. The SMILES string of the molecule is Cc1ccccc1CN(Cc1ccccn1)C(=O)Cn1cnnn1. The molecule has 122 valence electrons. The van der Waals surface area contributed by atoms with Crippen molar-refractivity contribution in [2.24, 2.45) is 0 Å². The summed E-state index contributed by atoms with van der Waals surface area (Å²) >= 11 is 0. The molecule has 7 heteroatoms. The highest BCUT2D eigenvalue weighted by Gasteiger charge is 2.17. The van der Waals surface area contributed by atoms with Crippen LogP contribution >= 0.6 is 0 Å². The van der Waals surface area contributed by atoms with E-state index in [1.54, 1.807) is 11.1 Å². The minimum absolute atomic E-state index is 0.0591. The molecule has 3 aromatic rings. The lowest BCUT2D eigenvalue weighted by atomic mass is 10.1. The molecule has 0 aliphatic rings. The van der Waals surface area contributed by atoms with E-state index >= 15 is 0 Å². The molecule has 0 atom stereocenters. The van der Waals surface area contributed by atoms with Gasteiger partial charge in [0.1, 0.15) is 12.9 Å². The fraction of sp³-hybridized carbons (Fsp3) is 0.235. The van der Waals surface area contributed by atoms with Gasteiger partial charge in [-0.1, -0.05) is 30.3 Å². The van der Waals surface area contributed by atoms with Gasteiger partial charge in [0.05, 0.1) is 12.2 Å². The number of hydrogen-bond acceptors (Lipinski definition) is 5. The van der Waals surface area contributed by atoms with Gasteiger partial charge in [-0.2, -0.15) is 0 Å². The number of aryl methyl sites for hydroxylation is 1. The zero-order valence-corrected chi connectivity index (χ0v) is 13.4. The van der Waals surface area contributed by atoms with Gasteiger partial charge in [0, 0.05) is 12.7 Å². The van der Waals surface area contributed by atoms with Gasteiger partial charge in [-0.3, -0.25) is 9.78 Å². The number of tetrazole rings is 1. The quantitative estimate of drug-likeness (QED) is 0.689. The largest absolute Gasteiger partial charge is 0.331 e. The van der Waals surface area contributed by atoms with Crippen LogP contribution in [0.2, 0.25) is 0 Å². The summed E-state index contributed by atoms with van der Waals surface area (Å²) in [7, 11) is 0. The van der Waals surface area contributed by atoms with E-state index in [2.05, 4.69) is 20.5 Å². The van der Waals surface area contributed by atoms with Crippen LogP contribution in [0.4, 0.5) is 0 Å². The van der Waals surface area contributed by atoms with Gasteiger partial charge < -0.3 is 4.90 Å². The topological polar surface area (TPSA) is 76.8 Å². The molecule has 1 amide bonds. The Morgan fingerprint density at radius 2 is 1.96 bits per heavy atom. The summed E-state index contributed by atoms with van der Waals surface area (Å²) in [4.78, 5) is 18.8. The summed E-state index contributed by atoms with van der Waals surface area (Å²) in [5.74, 6) is -0.0591. The highest BCUT2D eigenvalue weighted by molar-refractivity contribution is 5.75. The van der Waals surface area contributed by atoms with E-state index in [0.29, 0.717) is 13.1 Å². The fourth-order valence-corrected chi connectivity index (χ4v) is 2.40. The first-order valence-electron chi connectivity index (χ1n) is 7.65. The summed E-state index contributed by atoms with van der Waals surface area (Å²) < 4.78 is 1.42. The Hall–Kier alpha value is -3.09. The second-order valence-electron chi connectivity index (χ2n) is 5.50. The van der Waals surface area contributed by atoms with Crippen LogP contribution in [0.3, 0.4) is 0 Å². The third-order valence-electron chi connectivity index (χ3n) is 3.74. The molecule has 0 unspecified atom stereocenters. The number of hydrogen-bond donors (Lipinski definition) is 0. The first-order valence-corrected chi connectivity index (χ1v) is 7.65. The van der Waals surface area contributed by atoms with Gasteiger partial charge in [-0.25, -0.2) is 4.68 Å². The Morgan fingerprint density at radius 1 is 1.12 bits per heavy atom. The van der Waals surface area contributed by atoms with Crippen LogP contribution in [0.25, 0.3) is 0 Å². The van der Waals surface area contributed by atoms with Gasteiger partial charge >= 0.3 is 0 Å². The van der Waals surface area contributed by atoms with Gasteiger partial charge in [0.15, 0.2) is 0 Å². The highest BCUT2D eigenvalue weighted by atomic mass is 16.2. The monoisotopic (exact) mass is 322 g/mol. The predicted molar refractivity (Wildman–Crippen MR) is 87.5 cm³/mol. The van der Waals surface area contributed by atoms with Crippen LogP contribution in [0.5, 0.6) is 0 Å². The fourth-order valence-electron chi connectivity index (χ4n) is 2.40. The molecule has 0 radical (unpaired) electrons. The van der Waals surface area contributed by atoms with Crippen molar-refractivity contribution in [3.8, 4) is 0 Å². The van der Waals surface area contributed by atoms with E-state index in [1.807, 2.05) is 49.4 Å². The summed E-state index contributed by atoms with van der Waals surface area (Å²) in [6.45, 7) is 3.10. The molecule has 0 aliphatic heterocycles. The summed E-state index contributed by atoms with van der Waals surface area (Å²) in [5, 5.41) is 10.9. The van der Waals surface area contributed by atoms with Crippen molar-refractivity contribution in [2.45, 2.75) is 26.6 Å². The molecule has 24 heavy (non-hydrogen) atoms. The predicted octanol–water partition coefficient (Wildman–Crippen LogP) is 1.61. The van der Waals surface area contributed by atoms with E-state index in [0.717, 1.165) is 16.8 Å². The van der Waals surface area contributed by atoms with Crippen LogP contribution < -0.4 is 0 Å². The summed E-state index contributed by atoms with van der Waals surface area (Å²) in [6, 6.07) is 13.7. The third kappa shape index (κ3) is 4.01. The van der Waals surface area contributed by atoms with Gasteiger partial charge in [-0.15, -0.1) is 5.10 Å². The minimum atomic E-state index is -0.0591. The summed E-state index contributed by atoms with van der Waals surface area (Å²) in [6.07, 6.45) is 3.16. The molecular weight excluding hydrogens is 304 g/mol. The number of rotatable bonds is 6. The van der Waals surface area contributed by atoms with Crippen LogP contribution in [0, 0.1) is 6.92 Å². The van der Waals surface area contributed by atoms with Gasteiger partial charge in [-0.05, 0) is 40.6 Å². The molecule has 0 bridgehead atoms. The molecule has 2 aromatic heterocycles. The van der Waals surface area contributed by atoms with E-state index < -0.39 is 0 Å². The molecule has 0 spiro atoms. The van der Waals surface area contributed by atoms with Crippen molar-refractivity contribution < 1.29 is 4.79 Å². The number of nitrogens with zero attached hydrogens (tertiary/aromatic N) is 6. The Morgan fingerprint density at radius 3 is 2.67 bits per heavy atom. The normalized spacial score (nSPS) is 10.5. The Balaban J connectivity index is 1.80. The zero-order chi connectivity index (χ0) is 16.8. The highest BCUT2D eigenvalue weighted by Crippen LogP contribution is 2.13. The Kier molecular flexibility index (Phi) is 4.90. The van der Waals surface area contributed by atoms with E-state index in [9.17, 15) is 4.79 Å². The van der Waals surface area contributed by atoms with Crippen LogP contribution in [-0.4, -0.2) is 36.0 Å². The average Bonchev–Trinajstić information content (AvgIpc) is 3.10. The Bertz CT molecular complexity index is 788. The lowest BCUT2D eigenvalue weighted by molar-refractivity contribution is -0.133. The molecule has 0 saturated carbocycles.